The summed E-state index contributed by atoms with van der Waals surface area (Å²) in [6, 6.07) is 0. The molecule has 2 atom stereocenters. The number of hydrogen-bond acceptors (Lipinski definition) is 5. The first-order valence-corrected chi connectivity index (χ1v) is 7.81. The normalized spacial score (nSPS) is 17.6. The quantitative estimate of drug-likeness (QED) is 0.461. The summed E-state index contributed by atoms with van der Waals surface area (Å²) in [4.78, 5) is 30.0. The lowest BCUT2D eigenvalue weighted by Gasteiger charge is -2.40. The van der Waals surface area contributed by atoms with Crippen molar-refractivity contribution < 1.29 is 34.1 Å². The zero-order chi connectivity index (χ0) is 15.4. The van der Waals surface area contributed by atoms with Crippen LogP contribution in [0.3, 0.4) is 0 Å². The third-order valence-corrected chi connectivity index (χ3v) is 3.44. The van der Waals surface area contributed by atoms with E-state index in [1.165, 1.54) is 0 Å². The van der Waals surface area contributed by atoms with Gasteiger partial charge in [0.1, 0.15) is 12.3 Å². The summed E-state index contributed by atoms with van der Waals surface area (Å²) in [5.41, 5.74) is -1.83. The van der Waals surface area contributed by atoms with E-state index in [0.29, 0.717) is 0 Å². The molecule has 4 N–H and O–H groups in total. The molecule has 0 aromatic carbocycles. The van der Waals surface area contributed by atoms with Crippen LogP contribution in [0.5, 0.6) is 0 Å². The highest BCUT2D eigenvalue weighted by atomic mass is 31.2. The van der Waals surface area contributed by atoms with E-state index in [-0.39, 0.29) is 0 Å². The van der Waals surface area contributed by atoms with Crippen molar-refractivity contribution >= 4 is 13.4 Å². The van der Waals surface area contributed by atoms with E-state index in [1.54, 1.807) is 27.7 Å². The number of rotatable bonds is 8. The number of ketones is 1. The van der Waals surface area contributed by atoms with Crippen LogP contribution in [-0.4, -0.2) is 56.4 Å². The van der Waals surface area contributed by atoms with Crippen LogP contribution in [0.25, 0.3) is 0 Å². The number of ether oxygens (including phenoxy) is 1. The lowest BCUT2D eigenvalue weighted by molar-refractivity contribution is -0.188. The number of carbonyl (C=O) groups is 1. The van der Waals surface area contributed by atoms with Crippen molar-refractivity contribution in [2.24, 2.45) is 5.92 Å². The molecule has 0 aliphatic rings. The predicted octanol–water partition coefficient (Wildman–Crippen LogP) is -0.0938. The first-order valence-electron chi connectivity index (χ1n) is 6.02. The standard InChI is InChI=1S/C11H23O7P/c1-7(2)11(9(13)5-12,18-8(3)4)10(14)6-19(15,16)17/h7-9,12-13H,5-6H2,1-4H3,(H2,15,16,17)/t9-,11+/m0/s1. The molecule has 114 valence electrons. The topological polar surface area (TPSA) is 124 Å². The van der Waals surface area contributed by atoms with Crippen molar-refractivity contribution in [2.75, 3.05) is 12.8 Å². The number of carbonyl (C=O) groups excluding carboxylic acids is 1. The SMILES string of the molecule is CC(C)O[C@](C(=O)CP(=O)(O)O)(C(C)C)[C@@H](O)CO. The molecule has 7 nitrogen and oxygen atoms in total. The second-order valence-corrected chi connectivity index (χ2v) is 6.70. The molecule has 0 unspecified atom stereocenters. The van der Waals surface area contributed by atoms with Gasteiger partial charge in [0.2, 0.25) is 0 Å². The number of aliphatic hydroxyl groups excluding tert-OH is 2. The molecule has 0 heterocycles. The molecule has 0 fully saturated rings. The largest absolute Gasteiger partial charge is 0.394 e. The van der Waals surface area contributed by atoms with Gasteiger partial charge in [-0.05, 0) is 19.8 Å². The smallest absolute Gasteiger partial charge is 0.333 e. The van der Waals surface area contributed by atoms with E-state index >= 15 is 0 Å². The fourth-order valence-corrected chi connectivity index (χ4v) is 2.63. The van der Waals surface area contributed by atoms with Gasteiger partial charge in [0.15, 0.2) is 11.4 Å². The lowest BCUT2D eigenvalue weighted by atomic mass is 9.81. The molecular weight excluding hydrogens is 275 g/mol. The lowest BCUT2D eigenvalue weighted by Crippen LogP contribution is -2.59. The summed E-state index contributed by atoms with van der Waals surface area (Å²) in [5, 5.41) is 19.0. The van der Waals surface area contributed by atoms with Gasteiger partial charge < -0.3 is 24.7 Å². The molecule has 19 heavy (non-hydrogen) atoms. The Labute approximate surface area is 112 Å². The Bertz CT molecular complexity index is 349. The van der Waals surface area contributed by atoms with Crippen LogP contribution in [0.2, 0.25) is 0 Å². The van der Waals surface area contributed by atoms with Crippen LogP contribution in [-0.2, 0) is 14.1 Å². The average Bonchev–Trinajstić information content (AvgIpc) is 2.21. The van der Waals surface area contributed by atoms with Crippen molar-refractivity contribution in [1.29, 1.82) is 0 Å². The molecule has 0 aromatic heterocycles. The minimum absolute atomic E-state index is 0.454. The summed E-state index contributed by atoms with van der Waals surface area (Å²) in [6.07, 6.45) is -3.03. The first-order chi connectivity index (χ1) is 8.47. The number of Topliss-reactive ketones (excluding diaryl/α,β-unsaturated/α-hetero) is 1. The van der Waals surface area contributed by atoms with Crippen LogP contribution in [0.1, 0.15) is 27.7 Å². The van der Waals surface area contributed by atoms with E-state index in [2.05, 4.69) is 0 Å². The van der Waals surface area contributed by atoms with Gasteiger partial charge in [-0.3, -0.25) is 9.36 Å². The minimum atomic E-state index is -4.57. The van der Waals surface area contributed by atoms with Gasteiger partial charge >= 0.3 is 7.60 Å². The van der Waals surface area contributed by atoms with Gasteiger partial charge in [-0.2, -0.15) is 0 Å². The molecule has 0 aliphatic heterocycles. The Kier molecular flexibility index (Phi) is 6.82. The maximum Gasteiger partial charge on any atom is 0.333 e. The van der Waals surface area contributed by atoms with Crippen LogP contribution >= 0.6 is 7.60 Å². The molecule has 0 rings (SSSR count). The fourth-order valence-electron chi connectivity index (χ4n) is 2.01. The second-order valence-electron chi connectivity index (χ2n) is 5.06. The van der Waals surface area contributed by atoms with Crippen molar-refractivity contribution in [3.63, 3.8) is 0 Å². The molecule has 8 heteroatoms. The van der Waals surface area contributed by atoms with Gasteiger partial charge in [0.05, 0.1) is 12.7 Å². The number of hydrogen-bond donors (Lipinski definition) is 4. The first kappa shape index (κ1) is 18.7. The third-order valence-electron chi connectivity index (χ3n) is 2.74. The highest BCUT2D eigenvalue weighted by molar-refractivity contribution is 7.52. The number of aliphatic hydroxyl groups is 2. The average molecular weight is 298 g/mol. The minimum Gasteiger partial charge on any atom is -0.394 e. The van der Waals surface area contributed by atoms with Crippen LogP contribution in [0.15, 0.2) is 0 Å². The van der Waals surface area contributed by atoms with E-state index in [4.69, 9.17) is 19.6 Å². The summed E-state index contributed by atoms with van der Waals surface area (Å²) in [6.45, 7) is 5.69. The molecule has 0 aliphatic carbocycles. The zero-order valence-electron chi connectivity index (χ0n) is 11.6. The Morgan fingerprint density at radius 2 is 1.74 bits per heavy atom. The highest BCUT2D eigenvalue weighted by Crippen LogP contribution is 2.39. The van der Waals surface area contributed by atoms with E-state index in [1.807, 2.05) is 0 Å². The Morgan fingerprint density at radius 1 is 1.26 bits per heavy atom. The predicted molar refractivity (Wildman–Crippen MR) is 68.8 cm³/mol. The van der Waals surface area contributed by atoms with Gasteiger partial charge in [0.25, 0.3) is 0 Å². The maximum absolute atomic E-state index is 12.2. The molecule has 0 aromatic rings. The van der Waals surface area contributed by atoms with Gasteiger partial charge in [-0.25, -0.2) is 0 Å². The Balaban J connectivity index is 5.57. The van der Waals surface area contributed by atoms with Crippen LogP contribution < -0.4 is 0 Å². The second kappa shape index (κ2) is 6.92. The Hall–Kier alpha value is -0.300. The van der Waals surface area contributed by atoms with E-state index in [0.717, 1.165) is 0 Å². The highest BCUT2D eigenvalue weighted by Gasteiger charge is 2.50. The molecular formula is C11H23O7P. The third kappa shape index (κ3) is 4.95. The van der Waals surface area contributed by atoms with Crippen molar-refractivity contribution in [1.82, 2.24) is 0 Å². The van der Waals surface area contributed by atoms with Gasteiger partial charge in [0, 0.05) is 0 Å². The summed E-state index contributed by atoms with van der Waals surface area (Å²) in [7, 11) is -4.57. The van der Waals surface area contributed by atoms with Crippen molar-refractivity contribution in [3.05, 3.63) is 0 Å². The molecule has 0 radical (unpaired) electrons. The summed E-state index contributed by atoms with van der Waals surface area (Å²) < 4.78 is 16.4. The molecule has 0 spiro atoms. The van der Waals surface area contributed by atoms with Crippen molar-refractivity contribution in [2.45, 2.75) is 45.5 Å². The monoisotopic (exact) mass is 298 g/mol. The van der Waals surface area contributed by atoms with E-state index < -0.39 is 49.9 Å². The molecule has 0 saturated heterocycles. The molecule has 0 bridgehead atoms. The zero-order valence-corrected chi connectivity index (χ0v) is 12.5. The maximum atomic E-state index is 12.2. The Morgan fingerprint density at radius 3 is 2.00 bits per heavy atom. The molecule has 0 amide bonds. The van der Waals surface area contributed by atoms with Gasteiger partial charge in [-0.1, -0.05) is 13.8 Å². The summed E-state index contributed by atoms with van der Waals surface area (Å²) in [5.74, 6) is -1.47. The molecule has 0 saturated carbocycles. The fraction of sp³-hybridized carbons (Fsp3) is 0.909. The van der Waals surface area contributed by atoms with Crippen LogP contribution in [0.4, 0.5) is 0 Å². The summed E-state index contributed by atoms with van der Waals surface area (Å²) >= 11 is 0. The van der Waals surface area contributed by atoms with Crippen LogP contribution in [0, 0.1) is 5.92 Å². The van der Waals surface area contributed by atoms with Gasteiger partial charge in [-0.15, -0.1) is 0 Å². The van der Waals surface area contributed by atoms with Crippen molar-refractivity contribution in [3.8, 4) is 0 Å². The van der Waals surface area contributed by atoms with E-state index in [9.17, 15) is 14.5 Å².